The average molecular weight is 292 g/mol. The second-order valence-electron chi connectivity index (χ2n) is 5.97. The van der Waals surface area contributed by atoms with Gasteiger partial charge in [-0.3, -0.25) is 0 Å². The molecule has 0 atom stereocenters. The molecule has 0 spiro atoms. The minimum Gasteiger partial charge on any atom is -0.370 e. The lowest BCUT2D eigenvalue weighted by molar-refractivity contribution is 0.530. The molecule has 4 nitrogen and oxygen atoms in total. The summed E-state index contributed by atoms with van der Waals surface area (Å²) in [6.07, 6.45) is 10.4. The predicted octanol–water partition coefficient (Wildman–Crippen LogP) is 3.15. The SMILES string of the molecule is NC(=NCc1nc(C2CC2)cs1)NC1CCCCCC1. The Morgan fingerprint density at radius 3 is 2.70 bits per heavy atom. The van der Waals surface area contributed by atoms with Crippen LogP contribution in [0.5, 0.6) is 0 Å². The largest absolute Gasteiger partial charge is 0.370 e. The van der Waals surface area contributed by atoms with E-state index in [1.807, 2.05) is 0 Å². The van der Waals surface area contributed by atoms with E-state index in [0.29, 0.717) is 18.5 Å². The molecule has 3 N–H and O–H groups in total. The molecule has 0 radical (unpaired) electrons. The number of nitrogens with one attached hydrogen (secondary N) is 1. The fourth-order valence-electron chi connectivity index (χ4n) is 2.80. The van der Waals surface area contributed by atoms with Gasteiger partial charge in [-0.15, -0.1) is 11.3 Å². The third kappa shape index (κ3) is 3.95. The Hall–Kier alpha value is -1.10. The van der Waals surface area contributed by atoms with Crippen molar-refractivity contribution in [2.45, 2.75) is 69.9 Å². The molecule has 2 aliphatic carbocycles. The van der Waals surface area contributed by atoms with Gasteiger partial charge in [-0.25, -0.2) is 9.98 Å². The maximum absolute atomic E-state index is 6.00. The molecule has 5 heteroatoms. The van der Waals surface area contributed by atoms with Gasteiger partial charge in [-0.05, 0) is 25.7 Å². The highest BCUT2D eigenvalue weighted by molar-refractivity contribution is 7.09. The van der Waals surface area contributed by atoms with Gasteiger partial charge in [0.05, 0.1) is 12.2 Å². The molecular formula is C15H24N4S. The highest BCUT2D eigenvalue weighted by Crippen LogP contribution is 2.40. The number of hydrogen-bond donors (Lipinski definition) is 2. The first-order chi connectivity index (χ1) is 9.81. The Morgan fingerprint density at radius 1 is 1.25 bits per heavy atom. The second kappa shape index (κ2) is 6.57. The van der Waals surface area contributed by atoms with Gasteiger partial charge in [0.1, 0.15) is 5.01 Å². The van der Waals surface area contributed by atoms with Crippen LogP contribution in [0.2, 0.25) is 0 Å². The molecule has 2 fully saturated rings. The minimum atomic E-state index is 0.513. The van der Waals surface area contributed by atoms with Gasteiger partial charge in [0.25, 0.3) is 0 Å². The molecule has 2 aliphatic rings. The van der Waals surface area contributed by atoms with E-state index in [9.17, 15) is 0 Å². The van der Waals surface area contributed by atoms with Crippen LogP contribution in [-0.4, -0.2) is 17.0 Å². The summed E-state index contributed by atoms with van der Waals surface area (Å²) in [6, 6.07) is 0.513. The standard InChI is InChI=1S/C15H24N4S/c16-15(18-12-5-3-1-2-4-6-12)17-9-14-19-13(10-20-14)11-7-8-11/h10-12H,1-9H2,(H3,16,17,18). The molecule has 0 aliphatic heterocycles. The lowest BCUT2D eigenvalue weighted by Gasteiger charge is -2.16. The highest BCUT2D eigenvalue weighted by Gasteiger charge is 2.25. The van der Waals surface area contributed by atoms with Crippen molar-refractivity contribution in [1.29, 1.82) is 0 Å². The van der Waals surface area contributed by atoms with Crippen LogP contribution in [0.25, 0.3) is 0 Å². The average Bonchev–Trinajstić information content (AvgIpc) is 3.23. The van der Waals surface area contributed by atoms with E-state index in [1.165, 1.54) is 57.1 Å². The van der Waals surface area contributed by atoms with Crippen molar-refractivity contribution in [2.24, 2.45) is 10.7 Å². The van der Waals surface area contributed by atoms with Gasteiger partial charge in [-0.2, -0.15) is 0 Å². The van der Waals surface area contributed by atoms with E-state index in [1.54, 1.807) is 11.3 Å². The normalized spacial score (nSPS) is 21.7. The zero-order valence-electron chi connectivity index (χ0n) is 12.0. The van der Waals surface area contributed by atoms with Crippen LogP contribution in [0.3, 0.4) is 0 Å². The predicted molar refractivity (Wildman–Crippen MR) is 84.0 cm³/mol. The lowest BCUT2D eigenvalue weighted by Crippen LogP contribution is -2.39. The van der Waals surface area contributed by atoms with Crippen LogP contribution >= 0.6 is 11.3 Å². The van der Waals surface area contributed by atoms with Gasteiger partial charge >= 0.3 is 0 Å². The van der Waals surface area contributed by atoms with Crippen molar-refractivity contribution >= 4 is 17.3 Å². The van der Waals surface area contributed by atoms with E-state index < -0.39 is 0 Å². The van der Waals surface area contributed by atoms with E-state index in [0.717, 1.165) is 10.9 Å². The summed E-state index contributed by atoms with van der Waals surface area (Å²) in [5, 5.41) is 6.63. The van der Waals surface area contributed by atoms with Crippen LogP contribution < -0.4 is 11.1 Å². The van der Waals surface area contributed by atoms with Crippen molar-refractivity contribution in [3.63, 3.8) is 0 Å². The van der Waals surface area contributed by atoms with Gasteiger partial charge in [0, 0.05) is 17.3 Å². The topological polar surface area (TPSA) is 63.3 Å². The summed E-state index contributed by atoms with van der Waals surface area (Å²) in [5.41, 5.74) is 7.26. The number of guanidine groups is 1. The van der Waals surface area contributed by atoms with Crippen molar-refractivity contribution in [1.82, 2.24) is 10.3 Å². The summed E-state index contributed by atoms with van der Waals surface area (Å²) >= 11 is 1.71. The molecule has 0 bridgehead atoms. The molecule has 1 aromatic rings. The summed E-state index contributed by atoms with van der Waals surface area (Å²) in [7, 11) is 0. The van der Waals surface area contributed by atoms with Gasteiger partial charge in [-0.1, -0.05) is 25.7 Å². The molecule has 0 saturated heterocycles. The molecular weight excluding hydrogens is 268 g/mol. The van der Waals surface area contributed by atoms with Crippen molar-refractivity contribution in [3.8, 4) is 0 Å². The third-order valence-corrected chi connectivity index (χ3v) is 5.01. The first-order valence-electron chi connectivity index (χ1n) is 7.82. The molecule has 20 heavy (non-hydrogen) atoms. The third-order valence-electron chi connectivity index (χ3n) is 4.16. The van der Waals surface area contributed by atoms with Crippen LogP contribution in [0, 0.1) is 0 Å². The number of rotatable bonds is 4. The first kappa shape index (κ1) is 13.9. The smallest absolute Gasteiger partial charge is 0.189 e. The zero-order valence-corrected chi connectivity index (χ0v) is 12.8. The number of aromatic nitrogens is 1. The number of thiazole rings is 1. The molecule has 0 amide bonds. The Labute approximate surface area is 124 Å². The maximum atomic E-state index is 6.00. The zero-order chi connectivity index (χ0) is 13.8. The molecule has 2 saturated carbocycles. The fourth-order valence-corrected chi connectivity index (χ4v) is 3.59. The van der Waals surface area contributed by atoms with Crippen LogP contribution in [-0.2, 0) is 6.54 Å². The summed E-state index contributed by atoms with van der Waals surface area (Å²) in [4.78, 5) is 9.08. The monoisotopic (exact) mass is 292 g/mol. The number of nitrogens with two attached hydrogens (primary N) is 1. The number of hydrogen-bond acceptors (Lipinski definition) is 3. The van der Waals surface area contributed by atoms with Crippen molar-refractivity contribution in [2.75, 3.05) is 0 Å². The fraction of sp³-hybridized carbons (Fsp3) is 0.733. The van der Waals surface area contributed by atoms with E-state index in [2.05, 4.69) is 20.7 Å². The molecule has 3 rings (SSSR count). The van der Waals surface area contributed by atoms with Crippen LogP contribution in [0.1, 0.15) is 68.0 Å². The molecule has 110 valence electrons. The number of nitrogens with zero attached hydrogens (tertiary/aromatic N) is 2. The van der Waals surface area contributed by atoms with Gasteiger partial charge < -0.3 is 11.1 Å². The maximum Gasteiger partial charge on any atom is 0.189 e. The molecule has 0 aromatic carbocycles. The Morgan fingerprint density at radius 2 is 2.00 bits per heavy atom. The Bertz CT molecular complexity index is 456. The van der Waals surface area contributed by atoms with E-state index >= 15 is 0 Å². The first-order valence-corrected chi connectivity index (χ1v) is 8.70. The summed E-state index contributed by atoms with van der Waals surface area (Å²) in [5.74, 6) is 1.31. The van der Waals surface area contributed by atoms with Crippen LogP contribution in [0.4, 0.5) is 0 Å². The molecule has 1 aromatic heterocycles. The van der Waals surface area contributed by atoms with E-state index in [4.69, 9.17) is 5.73 Å². The number of aliphatic imine (C=N–C) groups is 1. The minimum absolute atomic E-state index is 0.513. The van der Waals surface area contributed by atoms with Crippen molar-refractivity contribution < 1.29 is 0 Å². The van der Waals surface area contributed by atoms with Gasteiger partial charge in [0.15, 0.2) is 5.96 Å². The summed E-state index contributed by atoms with van der Waals surface area (Å²) < 4.78 is 0. The molecule has 1 heterocycles. The van der Waals surface area contributed by atoms with Crippen LogP contribution in [0.15, 0.2) is 10.4 Å². The highest BCUT2D eigenvalue weighted by atomic mass is 32.1. The summed E-state index contributed by atoms with van der Waals surface area (Å²) in [6.45, 7) is 0.614. The quantitative estimate of drug-likeness (QED) is 0.509. The Balaban J connectivity index is 1.48. The van der Waals surface area contributed by atoms with E-state index in [-0.39, 0.29) is 0 Å². The lowest BCUT2D eigenvalue weighted by atomic mass is 10.1. The van der Waals surface area contributed by atoms with Crippen molar-refractivity contribution in [3.05, 3.63) is 16.1 Å². The van der Waals surface area contributed by atoms with Gasteiger partial charge in [0.2, 0.25) is 0 Å². The Kier molecular flexibility index (Phi) is 4.55. The molecule has 0 unspecified atom stereocenters. The second-order valence-corrected chi connectivity index (χ2v) is 6.92.